The summed E-state index contributed by atoms with van der Waals surface area (Å²) in [6.07, 6.45) is 2.36. The number of aryl methyl sites for hydroxylation is 2. The van der Waals surface area contributed by atoms with Crippen LogP contribution in [0.4, 0.5) is 5.69 Å². The average molecular weight is 417 g/mol. The van der Waals surface area contributed by atoms with Gasteiger partial charge in [-0.2, -0.15) is 0 Å². The zero-order valence-electron chi connectivity index (χ0n) is 18.7. The number of amides is 2. The van der Waals surface area contributed by atoms with Crippen LogP contribution in [-0.2, 0) is 14.3 Å². The molecular weight excluding hydrogens is 380 g/mol. The lowest BCUT2D eigenvalue weighted by atomic mass is 10.1. The van der Waals surface area contributed by atoms with Crippen LogP contribution < -0.4 is 5.32 Å². The molecule has 0 bridgehead atoms. The van der Waals surface area contributed by atoms with E-state index < -0.39 is 0 Å². The van der Waals surface area contributed by atoms with Crippen LogP contribution in [-0.4, -0.2) is 91.6 Å². The first-order chi connectivity index (χ1) is 14.5. The van der Waals surface area contributed by atoms with Gasteiger partial charge in [0.05, 0.1) is 19.2 Å². The van der Waals surface area contributed by atoms with Crippen LogP contribution in [0.1, 0.15) is 30.9 Å². The van der Waals surface area contributed by atoms with Gasteiger partial charge in [0.25, 0.3) is 0 Å². The average Bonchev–Trinajstić information content (AvgIpc) is 2.73. The van der Waals surface area contributed by atoms with Crippen molar-refractivity contribution in [2.45, 2.75) is 39.7 Å². The van der Waals surface area contributed by atoms with Gasteiger partial charge in [-0.05, 0) is 44.7 Å². The van der Waals surface area contributed by atoms with E-state index in [4.69, 9.17) is 4.74 Å². The maximum absolute atomic E-state index is 12.7. The van der Waals surface area contributed by atoms with E-state index in [9.17, 15) is 9.59 Å². The van der Waals surface area contributed by atoms with E-state index >= 15 is 0 Å². The lowest BCUT2D eigenvalue weighted by Crippen LogP contribution is -2.53. The number of anilines is 1. The highest BCUT2D eigenvalue weighted by Gasteiger charge is 2.26. The van der Waals surface area contributed by atoms with Gasteiger partial charge in [-0.1, -0.05) is 18.2 Å². The first kappa shape index (κ1) is 22.7. The molecule has 1 aromatic carbocycles. The SMILES string of the molecule is CCOC1CCN(CC(=O)N2CCN(CC(=O)Nc3c(C)cccc3C)CC2)CC1. The van der Waals surface area contributed by atoms with E-state index in [-0.39, 0.29) is 11.8 Å². The van der Waals surface area contributed by atoms with Crippen molar-refractivity contribution in [1.29, 1.82) is 0 Å². The number of carbonyl (C=O) groups excluding carboxylic acids is 2. The largest absolute Gasteiger partial charge is 0.378 e. The Labute approximate surface area is 180 Å². The van der Waals surface area contributed by atoms with Crippen LogP contribution in [0.3, 0.4) is 0 Å². The molecule has 30 heavy (non-hydrogen) atoms. The van der Waals surface area contributed by atoms with Gasteiger partial charge in [0, 0.05) is 51.6 Å². The van der Waals surface area contributed by atoms with E-state index in [1.54, 1.807) is 0 Å². The van der Waals surface area contributed by atoms with Gasteiger partial charge < -0.3 is 15.0 Å². The molecule has 0 aromatic heterocycles. The number of hydrogen-bond acceptors (Lipinski definition) is 5. The standard InChI is InChI=1S/C23H36N4O3/c1-4-30-20-8-10-25(11-9-20)17-22(29)27-14-12-26(13-15-27)16-21(28)24-23-18(2)6-5-7-19(23)3/h5-7,20H,4,8-17H2,1-3H3,(H,24,28). The fourth-order valence-corrected chi connectivity index (χ4v) is 4.31. The zero-order chi connectivity index (χ0) is 21.5. The molecule has 0 atom stereocenters. The molecule has 2 saturated heterocycles. The number of para-hydroxylation sites is 1. The number of piperazine rings is 1. The summed E-state index contributed by atoms with van der Waals surface area (Å²) in [6, 6.07) is 6.01. The van der Waals surface area contributed by atoms with Crippen molar-refractivity contribution in [3.8, 4) is 0 Å². The molecule has 3 rings (SSSR count). The van der Waals surface area contributed by atoms with Crippen molar-refractivity contribution in [1.82, 2.24) is 14.7 Å². The number of ether oxygens (including phenoxy) is 1. The minimum Gasteiger partial charge on any atom is -0.378 e. The summed E-state index contributed by atoms with van der Waals surface area (Å²) in [5.41, 5.74) is 3.05. The smallest absolute Gasteiger partial charge is 0.238 e. The molecule has 166 valence electrons. The van der Waals surface area contributed by atoms with Crippen molar-refractivity contribution in [3.63, 3.8) is 0 Å². The number of hydrogen-bond donors (Lipinski definition) is 1. The predicted molar refractivity (Wildman–Crippen MR) is 119 cm³/mol. The van der Waals surface area contributed by atoms with Gasteiger partial charge in [0.2, 0.25) is 11.8 Å². The van der Waals surface area contributed by atoms with Gasteiger partial charge in [-0.15, -0.1) is 0 Å². The summed E-state index contributed by atoms with van der Waals surface area (Å²) in [5, 5.41) is 3.05. The lowest BCUT2D eigenvalue weighted by molar-refractivity contribution is -0.135. The summed E-state index contributed by atoms with van der Waals surface area (Å²) >= 11 is 0. The van der Waals surface area contributed by atoms with Crippen LogP contribution in [0, 0.1) is 13.8 Å². The van der Waals surface area contributed by atoms with E-state index in [0.717, 1.165) is 62.4 Å². The second-order valence-electron chi connectivity index (χ2n) is 8.40. The van der Waals surface area contributed by atoms with Crippen molar-refractivity contribution in [3.05, 3.63) is 29.3 Å². The molecule has 2 heterocycles. The minimum absolute atomic E-state index is 0.00402. The maximum Gasteiger partial charge on any atom is 0.238 e. The maximum atomic E-state index is 12.7. The fourth-order valence-electron chi connectivity index (χ4n) is 4.31. The Bertz CT molecular complexity index is 703. The summed E-state index contributed by atoms with van der Waals surface area (Å²) in [5.74, 6) is 0.203. The number of benzene rings is 1. The van der Waals surface area contributed by atoms with Crippen LogP contribution in [0.5, 0.6) is 0 Å². The molecule has 0 saturated carbocycles. The summed E-state index contributed by atoms with van der Waals surface area (Å²) < 4.78 is 5.69. The van der Waals surface area contributed by atoms with Crippen LogP contribution >= 0.6 is 0 Å². The first-order valence-corrected chi connectivity index (χ1v) is 11.2. The zero-order valence-corrected chi connectivity index (χ0v) is 18.7. The molecule has 0 radical (unpaired) electrons. The Hall–Kier alpha value is -1.96. The van der Waals surface area contributed by atoms with Crippen molar-refractivity contribution < 1.29 is 14.3 Å². The topological polar surface area (TPSA) is 65.1 Å². The van der Waals surface area contributed by atoms with E-state index in [1.165, 1.54) is 0 Å². The Balaban J connectivity index is 1.38. The molecule has 0 spiro atoms. The summed E-state index contributed by atoms with van der Waals surface area (Å²) in [6.45, 7) is 12.3. The quantitative estimate of drug-likeness (QED) is 0.735. The number of nitrogens with zero attached hydrogens (tertiary/aromatic N) is 3. The number of piperidine rings is 1. The third-order valence-corrected chi connectivity index (χ3v) is 6.13. The second kappa shape index (κ2) is 10.9. The van der Waals surface area contributed by atoms with Gasteiger partial charge in [0.15, 0.2) is 0 Å². The molecule has 2 aliphatic rings. The van der Waals surface area contributed by atoms with Crippen molar-refractivity contribution >= 4 is 17.5 Å². The van der Waals surface area contributed by atoms with Crippen molar-refractivity contribution in [2.75, 3.05) is 64.3 Å². The number of nitrogens with one attached hydrogen (secondary N) is 1. The lowest BCUT2D eigenvalue weighted by Gasteiger charge is -2.37. The fraction of sp³-hybridized carbons (Fsp3) is 0.652. The second-order valence-corrected chi connectivity index (χ2v) is 8.40. The molecule has 2 aliphatic heterocycles. The highest BCUT2D eigenvalue weighted by Crippen LogP contribution is 2.19. The first-order valence-electron chi connectivity index (χ1n) is 11.2. The highest BCUT2D eigenvalue weighted by atomic mass is 16.5. The van der Waals surface area contributed by atoms with Gasteiger partial charge in [-0.25, -0.2) is 0 Å². The number of rotatable bonds is 7. The molecule has 1 aromatic rings. The highest BCUT2D eigenvalue weighted by molar-refractivity contribution is 5.93. The van der Waals surface area contributed by atoms with Crippen LogP contribution in [0.15, 0.2) is 18.2 Å². The van der Waals surface area contributed by atoms with Crippen LogP contribution in [0.2, 0.25) is 0 Å². The number of carbonyl (C=O) groups is 2. The monoisotopic (exact) mass is 416 g/mol. The Kier molecular flexibility index (Phi) is 8.24. The van der Waals surface area contributed by atoms with E-state index in [2.05, 4.69) is 15.1 Å². The molecule has 7 heteroatoms. The molecular formula is C23H36N4O3. The molecule has 2 amide bonds. The Morgan fingerprint density at radius 1 is 0.967 bits per heavy atom. The molecule has 2 fully saturated rings. The van der Waals surface area contributed by atoms with E-state index in [1.807, 2.05) is 43.9 Å². The minimum atomic E-state index is 0.00402. The Morgan fingerprint density at radius 2 is 1.57 bits per heavy atom. The molecule has 0 aliphatic carbocycles. The predicted octanol–water partition coefficient (Wildman–Crippen LogP) is 1.89. The third-order valence-electron chi connectivity index (χ3n) is 6.13. The van der Waals surface area contributed by atoms with E-state index in [0.29, 0.717) is 32.3 Å². The Morgan fingerprint density at radius 3 is 2.17 bits per heavy atom. The van der Waals surface area contributed by atoms with Gasteiger partial charge >= 0.3 is 0 Å². The molecule has 7 nitrogen and oxygen atoms in total. The summed E-state index contributed by atoms with van der Waals surface area (Å²) in [7, 11) is 0. The van der Waals surface area contributed by atoms with Gasteiger partial charge in [0.1, 0.15) is 0 Å². The molecule has 1 N–H and O–H groups in total. The normalized spacial score (nSPS) is 19.1. The molecule has 0 unspecified atom stereocenters. The number of likely N-dealkylation sites (tertiary alicyclic amines) is 1. The van der Waals surface area contributed by atoms with Crippen molar-refractivity contribution in [2.24, 2.45) is 0 Å². The summed E-state index contributed by atoms with van der Waals surface area (Å²) in [4.78, 5) is 31.5. The van der Waals surface area contributed by atoms with Gasteiger partial charge in [-0.3, -0.25) is 19.4 Å². The van der Waals surface area contributed by atoms with Crippen LogP contribution in [0.25, 0.3) is 0 Å². The third kappa shape index (κ3) is 6.27.